The molecular formula is C30H28N2O4. The monoisotopic (exact) mass is 480 g/mol. The summed E-state index contributed by atoms with van der Waals surface area (Å²) < 4.78 is 11.7. The molecule has 2 heterocycles. The molecule has 1 N–H and O–H groups in total. The molecule has 2 fully saturated rings. The van der Waals surface area contributed by atoms with Gasteiger partial charge in [0.15, 0.2) is 0 Å². The summed E-state index contributed by atoms with van der Waals surface area (Å²) in [5.41, 5.74) is 5.44. The molecule has 36 heavy (non-hydrogen) atoms. The van der Waals surface area contributed by atoms with Crippen LogP contribution in [0.25, 0.3) is 11.1 Å². The average Bonchev–Trinajstić information content (AvgIpc) is 3.21. The van der Waals surface area contributed by atoms with Crippen molar-refractivity contribution in [2.75, 3.05) is 19.8 Å². The molecule has 1 aliphatic carbocycles. The Morgan fingerprint density at radius 3 is 2.14 bits per heavy atom. The number of morpholine rings is 1. The van der Waals surface area contributed by atoms with Crippen LogP contribution in [0, 0.1) is 11.3 Å². The van der Waals surface area contributed by atoms with Gasteiger partial charge in [-0.2, -0.15) is 5.26 Å². The highest BCUT2D eigenvalue weighted by Crippen LogP contribution is 2.45. The van der Waals surface area contributed by atoms with Gasteiger partial charge in [-0.25, -0.2) is 4.79 Å². The first-order chi connectivity index (χ1) is 17.6. The number of benzene rings is 3. The molecule has 3 aromatic rings. The molecule has 2 atom stereocenters. The largest absolute Gasteiger partial charge is 0.448 e. The van der Waals surface area contributed by atoms with Gasteiger partial charge in [-0.15, -0.1) is 0 Å². The number of carbonyl (C=O) groups excluding carboxylic acids is 1. The summed E-state index contributed by atoms with van der Waals surface area (Å²) in [7, 11) is 0. The van der Waals surface area contributed by atoms with Crippen LogP contribution in [-0.2, 0) is 21.5 Å². The molecule has 2 saturated heterocycles. The van der Waals surface area contributed by atoms with Gasteiger partial charge in [-0.3, -0.25) is 4.90 Å². The number of nitrogens with zero attached hydrogens (tertiary/aromatic N) is 2. The highest BCUT2D eigenvalue weighted by atomic mass is 16.6. The van der Waals surface area contributed by atoms with E-state index in [0.717, 1.165) is 11.1 Å². The van der Waals surface area contributed by atoms with Crippen LogP contribution in [0.2, 0.25) is 0 Å². The predicted molar refractivity (Wildman–Crippen MR) is 134 cm³/mol. The molecule has 0 saturated carbocycles. The van der Waals surface area contributed by atoms with Crippen LogP contribution in [0.1, 0.15) is 41.0 Å². The Balaban J connectivity index is 1.18. The van der Waals surface area contributed by atoms with Crippen LogP contribution < -0.4 is 0 Å². The second-order valence-electron chi connectivity index (χ2n) is 10.0. The fraction of sp³-hybridized carbons (Fsp3) is 0.333. The van der Waals surface area contributed by atoms with E-state index in [4.69, 9.17) is 14.7 Å². The number of ether oxygens (including phenoxy) is 2. The van der Waals surface area contributed by atoms with Gasteiger partial charge in [0.05, 0.1) is 43.4 Å². The van der Waals surface area contributed by atoms with Crippen molar-refractivity contribution in [1.29, 1.82) is 5.26 Å². The zero-order valence-electron chi connectivity index (χ0n) is 20.0. The minimum atomic E-state index is -1.05. The molecule has 182 valence electrons. The van der Waals surface area contributed by atoms with Crippen molar-refractivity contribution in [2.45, 2.75) is 42.9 Å². The fourth-order valence-electron chi connectivity index (χ4n) is 6.20. The van der Waals surface area contributed by atoms with Crippen molar-refractivity contribution in [1.82, 2.24) is 4.90 Å². The number of carbonyl (C=O) groups is 1. The van der Waals surface area contributed by atoms with E-state index in [9.17, 15) is 9.90 Å². The summed E-state index contributed by atoms with van der Waals surface area (Å²) in [4.78, 5) is 15.2. The minimum Gasteiger partial charge on any atom is -0.448 e. The van der Waals surface area contributed by atoms with E-state index in [1.165, 1.54) is 22.3 Å². The Bertz CT molecular complexity index is 1270. The van der Waals surface area contributed by atoms with Gasteiger partial charge in [0.25, 0.3) is 0 Å². The van der Waals surface area contributed by atoms with Crippen LogP contribution >= 0.6 is 0 Å². The number of piperidine rings is 1. The molecule has 3 aromatic carbocycles. The van der Waals surface area contributed by atoms with Crippen LogP contribution in [-0.4, -0.2) is 48.0 Å². The maximum Gasteiger partial charge on any atom is 0.410 e. The molecule has 6 nitrogen and oxygen atoms in total. The molecule has 6 rings (SSSR count). The lowest BCUT2D eigenvalue weighted by molar-refractivity contribution is -0.136. The summed E-state index contributed by atoms with van der Waals surface area (Å²) in [6, 6.07) is 25.8. The zero-order chi connectivity index (χ0) is 24.7. The van der Waals surface area contributed by atoms with Crippen molar-refractivity contribution >= 4 is 6.09 Å². The number of hydrogen-bond acceptors (Lipinski definition) is 5. The number of aliphatic hydroxyl groups is 1. The molecule has 0 aromatic heterocycles. The topological polar surface area (TPSA) is 82.8 Å². The lowest BCUT2D eigenvalue weighted by Crippen LogP contribution is -2.62. The zero-order valence-corrected chi connectivity index (χ0v) is 20.0. The van der Waals surface area contributed by atoms with Crippen molar-refractivity contribution in [2.24, 2.45) is 0 Å². The predicted octanol–water partition coefficient (Wildman–Crippen LogP) is 4.75. The fourth-order valence-corrected chi connectivity index (χ4v) is 6.20. The first kappa shape index (κ1) is 22.8. The molecule has 0 spiro atoms. The maximum atomic E-state index is 13.4. The Hall–Kier alpha value is -3.66. The molecular weight excluding hydrogens is 452 g/mol. The highest BCUT2D eigenvalue weighted by Gasteiger charge is 2.49. The molecule has 3 aliphatic rings. The van der Waals surface area contributed by atoms with Crippen molar-refractivity contribution < 1.29 is 19.4 Å². The van der Waals surface area contributed by atoms with E-state index in [1.807, 2.05) is 48.5 Å². The Morgan fingerprint density at radius 1 is 0.972 bits per heavy atom. The summed E-state index contributed by atoms with van der Waals surface area (Å²) in [5.74, 6) is 0.00564. The third-order valence-corrected chi connectivity index (χ3v) is 7.88. The first-order valence-electron chi connectivity index (χ1n) is 12.5. The third-order valence-electron chi connectivity index (χ3n) is 7.88. The van der Waals surface area contributed by atoms with E-state index in [0.29, 0.717) is 32.5 Å². The summed E-state index contributed by atoms with van der Waals surface area (Å²) >= 11 is 0. The van der Waals surface area contributed by atoms with Gasteiger partial charge in [0.2, 0.25) is 0 Å². The minimum absolute atomic E-state index is 0.00564. The van der Waals surface area contributed by atoms with Gasteiger partial charge < -0.3 is 14.6 Å². The molecule has 2 bridgehead atoms. The second kappa shape index (κ2) is 9.09. The number of hydrogen-bond donors (Lipinski definition) is 1. The quantitative estimate of drug-likeness (QED) is 0.583. The van der Waals surface area contributed by atoms with E-state index in [-0.39, 0.29) is 30.7 Å². The van der Waals surface area contributed by atoms with E-state index in [1.54, 1.807) is 4.90 Å². The second-order valence-corrected chi connectivity index (χ2v) is 10.0. The van der Waals surface area contributed by atoms with E-state index < -0.39 is 5.60 Å². The van der Waals surface area contributed by atoms with Gasteiger partial charge in [0.1, 0.15) is 6.61 Å². The lowest BCUT2D eigenvalue weighted by Gasteiger charge is -2.51. The van der Waals surface area contributed by atoms with Crippen LogP contribution in [0.4, 0.5) is 4.79 Å². The molecule has 2 aliphatic heterocycles. The normalized spacial score (nSPS) is 24.5. The molecule has 6 heteroatoms. The average molecular weight is 481 g/mol. The van der Waals surface area contributed by atoms with Crippen LogP contribution in [0.15, 0.2) is 72.8 Å². The number of rotatable bonds is 4. The van der Waals surface area contributed by atoms with Gasteiger partial charge in [0, 0.05) is 18.8 Å². The van der Waals surface area contributed by atoms with Crippen LogP contribution in [0.3, 0.4) is 0 Å². The smallest absolute Gasteiger partial charge is 0.410 e. The lowest BCUT2D eigenvalue weighted by atomic mass is 9.77. The summed E-state index contributed by atoms with van der Waals surface area (Å²) in [6.07, 6.45) is 0.755. The van der Waals surface area contributed by atoms with Crippen LogP contribution in [0.5, 0.6) is 0 Å². The summed E-state index contributed by atoms with van der Waals surface area (Å²) in [6.45, 7) is 1.01. The Labute approximate surface area is 210 Å². The van der Waals surface area contributed by atoms with Crippen molar-refractivity contribution in [3.05, 3.63) is 95.1 Å². The number of fused-ring (bicyclic) bond motifs is 5. The Kier molecular flexibility index (Phi) is 5.75. The standard InChI is InChI=1S/C30H28N2O4/c31-14-13-20-9-11-21(12-10-20)30(34)15-22-17-35-18-23(16-30)32(22)29(33)36-19-28-26-7-3-1-5-24(26)25-6-2-4-8-27(25)28/h1-12,22-23,28,34H,13,15-19H2. The van der Waals surface area contributed by atoms with Gasteiger partial charge >= 0.3 is 6.09 Å². The maximum absolute atomic E-state index is 13.4. The molecule has 2 unspecified atom stereocenters. The first-order valence-corrected chi connectivity index (χ1v) is 12.5. The molecule has 1 amide bonds. The highest BCUT2D eigenvalue weighted by molar-refractivity contribution is 5.79. The van der Waals surface area contributed by atoms with Gasteiger partial charge in [-0.05, 0) is 33.4 Å². The SMILES string of the molecule is N#CCc1ccc(C2(O)CC3COCC(C2)N3C(=O)OCC2c3ccccc3-c3ccccc32)cc1. The summed E-state index contributed by atoms with van der Waals surface area (Å²) in [5, 5.41) is 20.5. The van der Waals surface area contributed by atoms with Crippen molar-refractivity contribution in [3.63, 3.8) is 0 Å². The third kappa shape index (κ3) is 3.85. The van der Waals surface area contributed by atoms with Crippen molar-refractivity contribution in [3.8, 4) is 17.2 Å². The number of amides is 1. The van der Waals surface area contributed by atoms with E-state index in [2.05, 4.69) is 30.3 Å². The molecule has 0 radical (unpaired) electrons. The number of nitriles is 1. The van der Waals surface area contributed by atoms with E-state index >= 15 is 0 Å². The Morgan fingerprint density at radius 2 is 1.56 bits per heavy atom. The van der Waals surface area contributed by atoms with Gasteiger partial charge in [-0.1, -0.05) is 72.8 Å².